The number of hydrogen-bond donors (Lipinski definition) is 1. The molecule has 1 N–H and O–H groups in total. The second-order valence-electron chi connectivity index (χ2n) is 5.34. The summed E-state index contributed by atoms with van der Waals surface area (Å²) in [5, 5.41) is 25.4. The summed E-state index contributed by atoms with van der Waals surface area (Å²) in [5.41, 5.74) is 0.886. The molecular formula is C16H14FN7OS2. The first-order chi connectivity index (χ1) is 13.2. The molecule has 0 radical (unpaired) electrons. The molecule has 0 aliphatic carbocycles. The standard InChI is InChI=1S/C16H14FN7OS2/c1-25-9-8-18-15-21-22-16(27-15)26-13-7-6-12-19-20-14(24(12)23-13)10-4-2-3-5-11(10)17/h2-7H,8-9H2,1H3,(H,18,21). The number of nitrogens with zero attached hydrogens (tertiary/aromatic N) is 6. The predicted molar refractivity (Wildman–Crippen MR) is 101 cm³/mol. The van der Waals surface area contributed by atoms with E-state index in [-0.39, 0.29) is 5.82 Å². The van der Waals surface area contributed by atoms with Gasteiger partial charge in [0, 0.05) is 13.7 Å². The van der Waals surface area contributed by atoms with E-state index in [2.05, 4.69) is 30.8 Å². The molecule has 8 nitrogen and oxygen atoms in total. The third-order valence-corrected chi connectivity index (χ3v) is 5.39. The van der Waals surface area contributed by atoms with E-state index in [0.717, 1.165) is 4.34 Å². The summed E-state index contributed by atoms with van der Waals surface area (Å²) in [6.45, 7) is 1.25. The maximum atomic E-state index is 14.1. The zero-order valence-corrected chi connectivity index (χ0v) is 15.8. The molecule has 3 heterocycles. The number of benzene rings is 1. The van der Waals surface area contributed by atoms with Crippen LogP contribution >= 0.6 is 23.1 Å². The van der Waals surface area contributed by atoms with Gasteiger partial charge in [-0.2, -0.15) is 9.61 Å². The lowest BCUT2D eigenvalue weighted by atomic mass is 10.2. The Kier molecular flexibility index (Phi) is 5.23. The van der Waals surface area contributed by atoms with Crippen molar-refractivity contribution < 1.29 is 9.13 Å². The number of nitrogens with one attached hydrogen (secondary N) is 1. The molecule has 0 bridgehead atoms. The average Bonchev–Trinajstić information content (AvgIpc) is 3.29. The second kappa shape index (κ2) is 7.94. The predicted octanol–water partition coefficient (Wildman–Crippen LogP) is 2.99. The van der Waals surface area contributed by atoms with Crippen LogP contribution in [0.25, 0.3) is 17.0 Å². The van der Waals surface area contributed by atoms with Crippen LogP contribution in [0.4, 0.5) is 9.52 Å². The van der Waals surface area contributed by atoms with Crippen LogP contribution in [0.1, 0.15) is 0 Å². The van der Waals surface area contributed by atoms with E-state index in [1.807, 2.05) is 6.07 Å². The lowest BCUT2D eigenvalue weighted by molar-refractivity contribution is 0.211. The Balaban J connectivity index is 1.59. The fourth-order valence-electron chi connectivity index (χ4n) is 2.31. The first-order valence-electron chi connectivity index (χ1n) is 7.96. The molecule has 11 heteroatoms. The van der Waals surface area contributed by atoms with Gasteiger partial charge in [0.1, 0.15) is 10.8 Å². The number of halogens is 1. The van der Waals surface area contributed by atoms with E-state index in [4.69, 9.17) is 4.74 Å². The fraction of sp³-hybridized carbons (Fsp3) is 0.188. The van der Waals surface area contributed by atoms with Crippen LogP contribution in [0.2, 0.25) is 0 Å². The van der Waals surface area contributed by atoms with E-state index < -0.39 is 0 Å². The van der Waals surface area contributed by atoms with Gasteiger partial charge in [0.15, 0.2) is 15.8 Å². The Hall–Kier alpha value is -2.63. The molecule has 0 atom stereocenters. The molecule has 0 aliphatic heterocycles. The van der Waals surface area contributed by atoms with Crippen molar-refractivity contribution in [3.63, 3.8) is 0 Å². The van der Waals surface area contributed by atoms with Crippen LogP contribution in [0.3, 0.4) is 0 Å². The molecule has 0 saturated carbocycles. The summed E-state index contributed by atoms with van der Waals surface area (Å²) in [5.74, 6) is -0.0210. The molecule has 0 spiro atoms. The van der Waals surface area contributed by atoms with Gasteiger partial charge in [0.25, 0.3) is 0 Å². The monoisotopic (exact) mass is 403 g/mol. The SMILES string of the molecule is COCCNc1nnc(Sc2ccc3nnc(-c4ccccc4F)n3n2)s1. The molecule has 0 fully saturated rings. The van der Waals surface area contributed by atoms with Crippen LogP contribution < -0.4 is 5.32 Å². The second-order valence-corrected chi connectivity index (χ2v) is 7.58. The topological polar surface area (TPSA) is 90.1 Å². The smallest absolute Gasteiger partial charge is 0.206 e. The van der Waals surface area contributed by atoms with Gasteiger partial charge in [0.05, 0.1) is 12.2 Å². The quantitative estimate of drug-likeness (QED) is 0.471. The van der Waals surface area contributed by atoms with Crippen molar-refractivity contribution in [2.45, 2.75) is 9.37 Å². The summed E-state index contributed by atoms with van der Waals surface area (Å²) >= 11 is 2.79. The van der Waals surface area contributed by atoms with Crippen molar-refractivity contribution in [2.24, 2.45) is 0 Å². The molecular weight excluding hydrogens is 389 g/mol. The average molecular weight is 403 g/mol. The lowest BCUT2D eigenvalue weighted by Crippen LogP contribution is -2.06. The van der Waals surface area contributed by atoms with Gasteiger partial charge in [-0.1, -0.05) is 23.5 Å². The summed E-state index contributed by atoms with van der Waals surface area (Å²) in [7, 11) is 1.64. The van der Waals surface area contributed by atoms with Gasteiger partial charge >= 0.3 is 0 Å². The summed E-state index contributed by atoms with van der Waals surface area (Å²) in [6, 6.07) is 10.0. The largest absolute Gasteiger partial charge is 0.383 e. The van der Waals surface area contributed by atoms with Gasteiger partial charge in [0.2, 0.25) is 5.13 Å². The highest BCUT2D eigenvalue weighted by atomic mass is 32.2. The maximum absolute atomic E-state index is 14.1. The van der Waals surface area contributed by atoms with Crippen molar-refractivity contribution in [1.29, 1.82) is 0 Å². The van der Waals surface area contributed by atoms with Crippen LogP contribution in [0, 0.1) is 5.82 Å². The minimum absolute atomic E-state index is 0.347. The fourth-order valence-corrected chi connectivity index (χ4v) is 3.99. The minimum Gasteiger partial charge on any atom is -0.383 e. The Morgan fingerprint density at radius 3 is 2.89 bits per heavy atom. The molecule has 0 unspecified atom stereocenters. The third kappa shape index (κ3) is 3.89. The van der Waals surface area contributed by atoms with Crippen molar-refractivity contribution >= 4 is 33.9 Å². The third-order valence-electron chi connectivity index (χ3n) is 3.53. The summed E-state index contributed by atoms with van der Waals surface area (Å²) in [6.07, 6.45) is 0. The van der Waals surface area contributed by atoms with Crippen molar-refractivity contribution in [2.75, 3.05) is 25.6 Å². The van der Waals surface area contributed by atoms with Crippen LogP contribution in [0.5, 0.6) is 0 Å². The molecule has 27 heavy (non-hydrogen) atoms. The number of hydrogen-bond acceptors (Lipinski definition) is 9. The van der Waals surface area contributed by atoms with E-state index >= 15 is 0 Å². The number of fused-ring (bicyclic) bond motifs is 1. The molecule has 4 aromatic rings. The van der Waals surface area contributed by atoms with Crippen LogP contribution in [-0.2, 0) is 4.74 Å². The number of anilines is 1. The summed E-state index contributed by atoms with van der Waals surface area (Å²) < 4.78 is 21.4. The van der Waals surface area contributed by atoms with Gasteiger partial charge in [-0.3, -0.25) is 0 Å². The highest BCUT2D eigenvalue weighted by Crippen LogP contribution is 2.31. The summed E-state index contributed by atoms with van der Waals surface area (Å²) in [4.78, 5) is 0. The van der Waals surface area contributed by atoms with Gasteiger partial charge < -0.3 is 10.1 Å². The van der Waals surface area contributed by atoms with Crippen molar-refractivity contribution in [3.05, 3.63) is 42.2 Å². The highest BCUT2D eigenvalue weighted by Gasteiger charge is 2.14. The van der Waals surface area contributed by atoms with E-state index in [1.54, 1.807) is 31.4 Å². The molecule has 1 aromatic carbocycles. The van der Waals surface area contributed by atoms with E-state index in [0.29, 0.717) is 40.3 Å². The Morgan fingerprint density at radius 1 is 1.15 bits per heavy atom. The molecule has 0 aliphatic rings. The molecule has 4 rings (SSSR count). The number of aromatic nitrogens is 6. The van der Waals surface area contributed by atoms with Crippen LogP contribution in [-0.4, -0.2) is 50.3 Å². The zero-order chi connectivity index (χ0) is 18.6. The van der Waals surface area contributed by atoms with Crippen molar-refractivity contribution in [3.8, 4) is 11.4 Å². The number of ether oxygens (including phenoxy) is 1. The van der Waals surface area contributed by atoms with Gasteiger partial charge in [-0.05, 0) is 36.0 Å². The van der Waals surface area contributed by atoms with E-state index in [9.17, 15) is 4.39 Å². The van der Waals surface area contributed by atoms with E-state index in [1.165, 1.54) is 33.7 Å². The Bertz CT molecular complexity index is 1070. The number of rotatable bonds is 7. The van der Waals surface area contributed by atoms with Gasteiger partial charge in [-0.25, -0.2) is 4.39 Å². The van der Waals surface area contributed by atoms with Gasteiger partial charge in [-0.15, -0.1) is 20.4 Å². The minimum atomic E-state index is -0.373. The highest BCUT2D eigenvalue weighted by molar-refractivity contribution is 8.01. The number of methoxy groups -OCH3 is 1. The first kappa shape index (κ1) is 17.8. The zero-order valence-electron chi connectivity index (χ0n) is 14.2. The van der Waals surface area contributed by atoms with Crippen LogP contribution in [0.15, 0.2) is 45.8 Å². The molecule has 138 valence electrons. The Labute approximate surface area is 161 Å². The lowest BCUT2D eigenvalue weighted by Gasteiger charge is -2.02. The maximum Gasteiger partial charge on any atom is 0.206 e. The molecule has 3 aromatic heterocycles. The van der Waals surface area contributed by atoms with Crippen molar-refractivity contribution in [1.82, 2.24) is 30.0 Å². The normalized spacial score (nSPS) is 11.2. The Morgan fingerprint density at radius 2 is 2.04 bits per heavy atom. The first-order valence-corrected chi connectivity index (χ1v) is 9.59. The molecule has 0 amide bonds. The molecule has 0 saturated heterocycles.